The van der Waals surface area contributed by atoms with Crippen molar-refractivity contribution in [1.82, 2.24) is 4.90 Å². The van der Waals surface area contributed by atoms with E-state index in [1.54, 1.807) is 53.6 Å². The average Bonchev–Trinajstić information content (AvgIpc) is 3.26. The minimum absolute atomic E-state index is 0.263. The molecular weight excluding hydrogens is 397 g/mol. The topological polar surface area (TPSA) is 81.5 Å². The molecule has 0 N–H and O–H groups in total. The van der Waals surface area contributed by atoms with E-state index in [0.29, 0.717) is 11.1 Å². The molecule has 0 radical (unpaired) electrons. The monoisotopic (exact) mass is 413 g/mol. The second-order valence-corrected chi connectivity index (χ2v) is 7.70. The summed E-state index contributed by atoms with van der Waals surface area (Å²) in [4.78, 5) is 43.0. The molecule has 5 rings (SSSR count). The molecule has 0 saturated carbocycles. The number of Topliss-reactive ketones (excluding diaryl/α,β-unsaturated/α-hetero) is 1. The number of halogens is 1. The van der Waals surface area contributed by atoms with Gasteiger partial charge in [0.2, 0.25) is 11.8 Å². The molecule has 0 aromatic heterocycles. The summed E-state index contributed by atoms with van der Waals surface area (Å²) in [6.07, 6.45) is 4.83. The number of carbonyl (C=O) groups excluding carboxylic acids is 3. The number of nitrogens with zero attached hydrogens (tertiary/aromatic N) is 3. The Labute approximate surface area is 177 Å². The summed E-state index contributed by atoms with van der Waals surface area (Å²) in [6.45, 7) is 0. The second-order valence-electron chi connectivity index (χ2n) is 7.70. The van der Waals surface area contributed by atoms with E-state index < -0.39 is 41.6 Å². The van der Waals surface area contributed by atoms with Gasteiger partial charge in [0.05, 0.1) is 35.2 Å². The van der Waals surface area contributed by atoms with Gasteiger partial charge in [0.15, 0.2) is 5.78 Å². The SMILES string of the molecule is N#CC1=C[C@@H]2[C@@H]3C(=O)N(c4ccc(F)cc4)C(=O)[C@@H]3[C@H](C(=O)c3ccccc3)N2C=C1. The highest BCUT2D eigenvalue weighted by molar-refractivity contribution is 6.24. The van der Waals surface area contributed by atoms with E-state index in [1.165, 1.54) is 24.3 Å². The Morgan fingerprint density at radius 2 is 1.65 bits per heavy atom. The molecule has 2 saturated heterocycles. The highest BCUT2D eigenvalue weighted by Crippen LogP contribution is 2.47. The highest BCUT2D eigenvalue weighted by Gasteiger charge is 2.63. The predicted octanol–water partition coefficient (Wildman–Crippen LogP) is 2.84. The fourth-order valence-electron chi connectivity index (χ4n) is 4.74. The van der Waals surface area contributed by atoms with Gasteiger partial charge in [-0.05, 0) is 36.4 Å². The maximum absolute atomic E-state index is 13.4. The maximum Gasteiger partial charge on any atom is 0.240 e. The number of anilines is 1. The number of amides is 2. The molecule has 2 aromatic carbocycles. The summed E-state index contributed by atoms with van der Waals surface area (Å²) in [5.41, 5.74) is 1.07. The van der Waals surface area contributed by atoms with Crippen molar-refractivity contribution >= 4 is 23.3 Å². The summed E-state index contributed by atoms with van der Waals surface area (Å²) >= 11 is 0. The van der Waals surface area contributed by atoms with Gasteiger partial charge in [0.1, 0.15) is 11.9 Å². The van der Waals surface area contributed by atoms with Crippen LogP contribution in [0, 0.1) is 29.0 Å². The summed E-state index contributed by atoms with van der Waals surface area (Å²) in [6, 6.07) is 14.3. The van der Waals surface area contributed by atoms with Crippen molar-refractivity contribution in [1.29, 1.82) is 5.26 Å². The lowest BCUT2D eigenvalue weighted by Gasteiger charge is -2.32. The quantitative estimate of drug-likeness (QED) is 0.571. The van der Waals surface area contributed by atoms with Crippen LogP contribution in [-0.2, 0) is 9.59 Å². The van der Waals surface area contributed by atoms with Gasteiger partial charge in [0.25, 0.3) is 0 Å². The van der Waals surface area contributed by atoms with E-state index >= 15 is 0 Å². The van der Waals surface area contributed by atoms with Crippen LogP contribution in [0.2, 0.25) is 0 Å². The number of carbonyl (C=O) groups is 3. The molecule has 2 aromatic rings. The van der Waals surface area contributed by atoms with Crippen molar-refractivity contribution in [2.75, 3.05) is 4.90 Å². The third kappa shape index (κ3) is 2.80. The summed E-state index contributed by atoms with van der Waals surface area (Å²) in [5, 5.41) is 9.33. The third-order valence-electron chi connectivity index (χ3n) is 6.09. The molecule has 0 unspecified atom stereocenters. The molecular formula is C24H16FN3O3. The highest BCUT2D eigenvalue weighted by atomic mass is 19.1. The van der Waals surface area contributed by atoms with Crippen LogP contribution in [0.1, 0.15) is 10.4 Å². The Bertz CT molecular complexity index is 1200. The number of allylic oxidation sites excluding steroid dienone is 2. The Morgan fingerprint density at radius 3 is 2.32 bits per heavy atom. The molecule has 7 heteroatoms. The number of nitriles is 1. The first-order valence-electron chi connectivity index (χ1n) is 9.81. The number of rotatable bonds is 3. The number of ketones is 1. The largest absolute Gasteiger partial charge is 0.359 e. The van der Waals surface area contributed by atoms with Crippen LogP contribution in [0.25, 0.3) is 0 Å². The Morgan fingerprint density at radius 1 is 0.968 bits per heavy atom. The van der Waals surface area contributed by atoms with Gasteiger partial charge in [0, 0.05) is 11.8 Å². The number of benzene rings is 2. The lowest BCUT2D eigenvalue weighted by Crippen LogP contribution is -2.46. The van der Waals surface area contributed by atoms with Crippen LogP contribution in [-0.4, -0.2) is 34.6 Å². The van der Waals surface area contributed by atoms with E-state index in [2.05, 4.69) is 6.07 Å². The van der Waals surface area contributed by atoms with E-state index in [4.69, 9.17) is 0 Å². The van der Waals surface area contributed by atoms with Gasteiger partial charge in [-0.15, -0.1) is 0 Å². The molecule has 4 atom stereocenters. The number of hydrogen-bond donors (Lipinski definition) is 0. The van der Waals surface area contributed by atoms with Crippen molar-refractivity contribution in [3.05, 3.63) is 89.9 Å². The van der Waals surface area contributed by atoms with Crippen LogP contribution >= 0.6 is 0 Å². The minimum atomic E-state index is -0.908. The van der Waals surface area contributed by atoms with E-state index in [0.717, 1.165) is 4.90 Å². The van der Waals surface area contributed by atoms with Gasteiger partial charge in [-0.1, -0.05) is 30.3 Å². The smallest absolute Gasteiger partial charge is 0.240 e. The first kappa shape index (κ1) is 18.9. The molecule has 0 aliphatic carbocycles. The molecule has 6 nitrogen and oxygen atoms in total. The zero-order chi connectivity index (χ0) is 21.7. The molecule has 2 fully saturated rings. The first-order valence-corrected chi connectivity index (χ1v) is 9.81. The summed E-state index contributed by atoms with van der Waals surface area (Å²) < 4.78 is 13.4. The normalized spacial score (nSPS) is 26.4. The average molecular weight is 413 g/mol. The van der Waals surface area contributed by atoms with Crippen molar-refractivity contribution in [3.8, 4) is 6.07 Å². The molecule has 3 aliphatic heterocycles. The Kier molecular flexibility index (Phi) is 4.29. The first-order chi connectivity index (χ1) is 15.0. The van der Waals surface area contributed by atoms with E-state index in [-0.39, 0.29) is 11.5 Å². The predicted molar refractivity (Wildman–Crippen MR) is 109 cm³/mol. The van der Waals surface area contributed by atoms with Gasteiger partial charge in [-0.2, -0.15) is 5.26 Å². The second kappa shape index (κ2) is 7.03. The van der Waals surface area contributed by atoms with Gasteiger partial charge in [-0.25, -0.2) is 9.29 Å². The molecule has 0 spiro atoms. The third-order valence-corrected chi connectivity index (χ3v) is 6.09. The number of imide groups is 1. The molecule has 2 amide bonds. The molecule has 3 heterocycles. The molecule has 3 aliphatic rings. The minimum Gasteiger partial charge on any atom is -0.359 e. The van der Waals surface area contributed by atoms with Crippen LogP contribution in [0.3, 0.4) is 0 Å². The van der Waals surface area contributed by atoms with Crippen LogP contribution in [0.4, 0.5) is 10.1 Å². The van der Waals surface area contributed by atoms with Crippen molar-refractivity contribution < 1.29 is 18.8 Å². The fraction of sp³-hybridized carbons (Fsp3) is 0.167. The van der Waals surface area contributed by atoms with Gasteiger partial charge < -0.3 is 4.90 Å². The standard InChI is InChI=1S/C24H16FN3O3/c25-16-6-8-17(9-7-16)28-23(30)19-18-12-14(13-26)10-11-27(18)21(20(19)24(28)31)22(29)15-4-2-1-3-5-15/h1-12,18-21H/t18-,19+,20+,21-/m1/s1. The van der Waals surface area contributed by atoms with Gasteiger partial charge >= 0.3 is 0 Å². The lowest BCUT2D eigenvalue weighted by molar-refractivity contribution is -0.123. The van der Waals surface area contributed by atoms with Crippen molar-refractivity contribution in [3.63, 3.8) is 0 Å². The Hall–Kier alpha value is -4.05. The van der Waals surface area contributed by atoms with E-state index in [9.17, 15) is 24.0 Å². The van der Waals surface area contributed by atoms with Crippen LogP contribution < -0.4 is 4.90 Å². The van der Waals surface area contributed by atoms with Crippen LogP contribution in [0.15, 0.2) is 78.5 Å². The zero-order valence-corrected chi connectivity index (χ0v) is 16.2. The number of fused-ring (bicyclic) bond motifs is 3. The zero-order valence-electron chi connectivity index (χ0n) is 16.2. The summed E-state index contributed by atoms with van der Waals surface area (Å²) in [5.74, 6) is -3.42. The van der Waals surface area contributed by atoms with Crippen molar-refractivity contribution in [2.45, 2.75) is 12.1 Å². The van der Waals surface area contributed by atoms with Gasteiger partial charge in [-0.3, -0.25) is 14.4 Å². The van der Waals surface area contributed by atoms with Crippen molar-refractivity contribution in [2.24, 2.45) is 11.8 Å². The molecule has 152 valence electrons. The number of hydrogen-bond acceptors (Lipinski definition) is 5. The maximum atomic E-state index is 13.4. The molecule has 31 heavy (non-hydrogen) atoms. The lowest BCUT2D eigenvalue weighted by atomic mass is 9.86. The Balaban J connectivity index is 1.61. The fourth-order valence-corrected chi connectivity index (χ4v) is 4.74. The van der Waals surface area contributed by atoms with E-state index in [1.807, 2.05) is 0 Å². The summed E-state index contributed by atoms with van der Waals surface area (Å²) in [7, 11) is 0. The molecule has 0 bridgehead atoms. The van der Waals surface area contributed by atoms with Crippen LogP contribution in [0.5, 0.6) is 0 Å².